The van der Waals surface area contributed by atoms with Gasteiger partial charge in [-0.15, -0.1) is 0 Å². The summed E-state index contributed by atoms with van der Waals surface area (Å²) in [5, 5.41) is 19.4. The average molecular weight is 334 g/mol. The number of hydrogen-bond acceptors (Lipinski definition) is 2. The van der Waals surface area contributed by atoms with Crippen molar-refractivity contribution in [2.45, 2.75) is 66.2 Å². The van der Waals surface area contributed by atoms with Gasteiger partial charge in [-0.25, -0.2) is 0 Å². The van der Waals surface area contributed by atoms with Crippen LogP contribution in [0.2, 0.25) is 0 Å². The zero-order chi connectivity index (χ0) is 18.0. The van der Waals surface area contributed by atoms with E-state index in [2.05, 4.69) is 26.0 Å². The molecule has 0 aromatic rings. The van der Waals surface area contributed by atoms with Crippen molar-refractivity contribution in [3.63, 3.8) is 0 Å². The van der Waals surface area contributed by atoms with E-state index in [0.29, 0.717) is 0 Å². The third-order valence-corrected chi connectivity index (χ3v) is 7.69. The van der Waals surface area contributed by atoms with Crippen LogP contribution in [0.5, 0.6) is 0 Å². The molecule has 2 saturated carbocycles. The molecule has 0 saturated heterocycles. The zero-order valence-corrected chi connectivity index (χ0v) is 15.3. The molecule has 5 unspecified atom stereocenters. The van der Waals surface area contributed by atoms with E-state index in [9.17, 15) is 19.8 Å². The average Bonchev–Trinajstić information content (AvgIpc) is 2.67. The molecule has 24 heavy (non-hydrogen) atoms. The predicted molar refractivity (Wildman–Crippen MR) is 91.5 cm³/mol. The smallest absolute Gasteiger partial charge is 0.309 e. The number of carboxylic acid groups (broad SMARTS) is 2. The minimum Gasteiger partial charge on any atom is -0.481 e. The predicted octanol–water partition coefficient (Wildman–Crippen LogP) is 4.35. The lowest BCUT2D eigenvalue weighted by molar-refractivity contribution is -0.172. The summed E-state index contributed by atoms with van der Waals surface area (Å²) < 4.78 is 0. The fourth-order valence-electron chi connectivity index (χ4n) is 6.63. The standard InChI is InChI=1S/C20H30O4/c1-17(2,16(23)24)13-6-8-20-10-9-18(3,12-20)7-5-14(20)19(13,4)11-15(21)22/h9-10,13-14H,5-8,11-12H2,1-4H3,(H,21,22)(H,23,24). The molecule has 0 radical (unpaired) electrons. The highest BCUT2D eigenvalue weighted by Crippen LogP contribution is 2.69. The van der Waals surface area contributed by atoms with Crippen molar-refractivity contribution in [3.05, 3.63) is 12.2 Å². The zero-order valence-electron chi connectivity index (χ0n) is 15.3. The highest BCUT2D eigenvalue weighted by Gasteiger charge is 2.63. The Labute approximate surface area is 144 Å². The van der Waals surface area contributed by atoms with Crippen molar-refractivity contribution in [1.82, 2.24) is 0 Å². The maximum Gasteiger partial charge on any atom is 0.309 e. The second-order valence-corrected chi connectivity index (χ2v) is 9.68. The molecule has 2 N–H and O–H groups in total. The third kappa shape index (κ3) is 2.33. The molecular weight excluding hydrogens is 304 g/mol. The molecule has 3 rings (SSSR count). The Balaban J connectivity index is 2.05. The minimum atomic E-state index is -0.908. The van der Waals surface area contributed by atoms with Gasteiger partial charge >= 0.3 is 11.9 Å². The SMILES string of the molecule is CC12C=CC3(CCC(C(C)(C)C(=O)O)C(C)(CC(=O)O)C3CC1)C2. The van der Waals surface area contributed by atoms with Crippen LogP contribution in [0.25, 0.3) is 0 Å². The number of allylic oxidation sites excluding steroid dienone is 2. The number of carbonyl (C=O) groups is 2. The summed E-state index contributed by atoms with van der Waals surface area (Å²) in [5.41, 5.74) is -1.07. The molecule has 134 valence electrons. The monoisotopic (exact) mass is 334 g/mol. The van der Waals surface area contributed by atoms with Crippen molar-refractivity contribution in [2.75, 3.05) is 0 Å². The summed E-state index contributed by atoms with van der Waals surface area (Å²) in [6.45, 7) is 7.90. The van der Waals surface area contributed by atoms with Gasteiger partial charge in [-0.2, -0.15) is 0 Å². The topological polar surface area (TPSA) is 74.6 Å². The van der Waals surface area contributed by atoms with Crippen LogP contribution in [-0.2, 0) is 9.59 Å². The summed E-state index contributed by atoms with van der Waals surface area (Å²) in [4.78, 5) is 23.6. The summed E-state index contributed by atoms with van der Waals surface area (Å²) in [6, 6.07) is 0. The lowest BCUT2D eigenvalue weighted by atomic mass is 9.43. The van der Waals surface area contributed by atoms with Crippen molar-refractivity contribution in [3.8, 4) is 0 Å². The quantitative estimate of drug-likeness (QED) is 0.750. The highest BCUT2D eigenvalue weighted by atomic mass is 16.4. The molecule has 0 aromatic heterocycles. The molecular formula is C20H30O4. The lowest BCUT2D eigenvalue weighted by Crippen LogP contribution is -2.56. The Morgan fingerprint density at radius 3 is 2.38 bits per heavy atom. The normalized spacial score (nSPS) is 44.2. The molecule has 2 bridgehead atoms. The summed E-state index contributed by atoms with van der Waals surface area (Å²) in [7, 11) is 0. The van der Waals surface area contributed by atoms with E-state index in [-0.39, 0.29) is 29.1 Å². The maximum atomic E-state index is 11.9. The third-order valence-electron chi connectivity index (χ3n) is 7.69. The molecule has 4 heteroatoms. The van der Waals surface area contributed by atoms with Gasteiger partial charge in [0.2, 0.25) is 0 Å². The summed E-state index contributed by atoms with van der Waals surface area (Å²) in [6.07, 6.45) is 9.71. The van der Waals surface area contributed by atoms with Gasteiger partial charge in [0.25, 0.3) is 0 Å². The maximum absolute atomic E-state index is 11.9. The second-order valence-electron chi connectivity index (χ2n) is 9.68. The number of fused-ring (bicyclic) bond motifs is 1. The molecule has 5 atom stereocenters. The number of carboxylic acids is 2. The molecule has 2 fully saturated rings. The Morgan fingerprint density at radius 1 is 1.12 bits per heavy atom. The molecule has 3 aliphatic carbocycles. The molecule has 0 amide bonds. The summed E-state index contributed by atoms with van der Waals surface area (Å²) in [5.74, 6) is -1.49. The highest BCUT2D eigenvalue weighted by molar-refractivity contribution is 5.75. The number of aliphatic carboxylic acids is 2. The Kier molecular flexibility index (Phi) is 3.71. The summed E-state index contributed by atoms with van der Waals surface area (Å²) >= 11 is 0. The van der Waals surface area contributed by atoms with Crippen LogP contribution in [0.3, 0.4) is 0 Å². The van der Waals surface area contributed by atoms with Gasteiger partial charge in [0.1, 0.15) is 0 Å². The van der Waals surface area contributed by atoms with E-state index in [1.54, 1.807) is 13.8 Å². The van der Waals surface area contributed by atoms with Crippen LogP contribution in [0.1, 0.15) is 66.2 Å². The fourth-order valence-corrected chi connectivity index (χ4v) is 6.63. The molecule has 4 nitrogen and oxygen atoms in total. The van der Waals surface area contributed by atoms with Gasteiger partial charge < -0.3 is 10.2 Å². The largest absolute Gasteiger partial charge is 0.481 e. The Morgan fingerprint density at radius 2 is 1.79 bits per heavy atom. The number of rotatable bonds is 4. The van der Waals surface area contributed by atoms with Crippen LogP contribution < -0.4 is 0 Å². The van der Waals surface area contributed by atoms with Crippen LogP contribution in [0.4, 0.5) is 0 Å². The van der Waals surface area contributed by atoms with Gasteiger partial charge in [-0.05, 0) is 74.0 Å². The Hall–Kier alpha value is -1.32. The first kappa shape index (κ1) is 17.5. The molecule has 0 heterocycles. The van der Waals surface area contributed by atoms with Gasteiger partial charge in [-0.3, -0.25) is 9.59 Å². The van der Waals surface area contributed by atoms with E-state index in [1.165, 1.54) is 0 Å². The van der Waals surface area contributed by atoms with Crippen LogP contribution >= 0.6 is 0 Å². The lowest BCUT2D eigenvalue weighted by Gasteiger charge is -2.61. The van der Waals surface area contributed by atoms with Crippen molar-refractivity contribution >= 4 is 11.9 Å². The van der Waals surface area contributed by atoms with Crippen molar-refractivity contribution < 1.29 is 19.8 Å². The first-order valence-corrected chi connectivity index (χ1v) is 9.11. The van der Waals surface area contributed by atoms with Gasteiger partial charge in [0, 0.05) is 0 Å². The minimum absolute atomic E-state index is 0.0609. The van der Waals surface area contributed by atoms with Crippen LogP contribution in [-0.4, -0.2) is 22.2 Å². The first-order valence-electron chi connectivity index (χ1n) is 9.11. The van der Waals surface area contributed by atoms with E-state index in [1.807, 2.05) is 0 Å². The number of hydrogen-bond donors (Lipinski definition) is 2. The molecule has 0 aromatic carbocycles. The molecule has 0 aliphatic heterocycles. The van der Waals surface area contributed by atoms with Crippen molar-refractivity contribution in [2.24, 2.45) is 33.5 Å². The van der Waals surface area contributed by atoms with Gasteiger partial charge in [-0.1, -0.05) is 26.0 Å². The molecule has 1 spiro atoms. The van der Waals surface area contributed by atoms with E-state index >= 15 is 0 Å². The van der Waals surface area contributed by atoms with E-state index in [4.69, 9.17) is 0 Å². The van der Waals surface area contributed by atoms with E-state index < -0.39 is 22.8 Å². The molecule has 3 aliphatic rings. The van der Waals surface area contributed by atoms with E-state index in [0.717, 1.165) is 32.1 Å². The van der Waals surface area contributed by atoms with Crippen molar-refractivity contribution in [1.29, 1.82) is 0 Å². The van der Waals surface area contributed by atoms with Crippen LogP contribution in [0.15, 0.2) is 12.2 Å². The fraction of sp³-hybridized carbons (Fsp3) is 0.800. The van der Waals surface area contributed by atoms with Gasteiger partial charge in [0.15, 0.2) is 0 Å². The second kappa shape index (κ2) is 5.09. The van der Waals surface area contributed by atoms with Gasteiger partial charge in [0.05, 0.1) is 11.8 Å². The Bertz CT molecular complexity index is 607. The first-order chi connectivity index (χ1) is 11.0. The van der Waals surface area contributed by atoms with Crippen LogP contribution in [0, 0.1) is 33.5 Å².